The molecule has 0 saturated carbocycles. The Balaban J connectivity index is 2.61. The third-order valence-corrected chi connectivity index (χ3v) is 2.52. The molecule has 2 N–H and O–H groups in total. The van der Waals surface area contributed by atoms with Gasteiger partial charge in [-0.25, -0.2) is 8.78 Å². The van der Waals surface area contributed by atoms with Crippen LogP contribution in [0.1, 0.15) is 0 Å². The third kappa shape index (κ3) is 2.04. The molecule has 0 saturated heterocycles. The van der Waals surface area contributed by atoms with Crippen LogP contribution >= 0.6 is 0 Å². The van der Waals surface area contributed by atoms with Gasteiger partial charge in [-0.05, 0) is 29.3 Å². The van der Waals surface area contributed by atoms with Gasteiger partial charge in [-0.2, -0.15) is 0 Å². The minimum Gasteiger partial charge on any atom is -0.394 e. The summed E-state index contributed by atoms with van der Waals surface area (Å²) in [5.41, 5.74) is 5.14. The van der Waals surface area contributed by atoms with E-state index in [1.165, 1.54) is 16.8 Å². The average Bonchev–Trinajstić information content (AvgIpc) is 2.29. The van der Waals surface area contributed by atoms with E-state index >= 15 is 0 Å². The molecule has 17 heavy (non-hydrogen) atoms. The van der Waals surface area contributed by atoms with Gasteiger partial charge in [0.25, 0.3) is 5.56 Å². The van der Waals surface area contributed by atoms with Crippen LogP contribution in [0, 0.1) is 11.6 Å². The van der Waals surface area contributed by atoms with Crippen molar-refractivity contribution in [1.82, 2.24) is 4.57 Å². The van der Waals surface area contributed by atoms with Gasteiger partial charge in [-0.15, -0.1) is 0 Å². The Morgan fingerprint density at radius 3 is 2.24 bits per heavy atom. The predicted molar refractivity (Wildman–Crippen MR) is 61.4 cm³/mol. The van der Waals surface area contributed by atoms with Crippen molar-refractivity contribution in [2.24, 2.45) is 7.05 Å². The van der Waals surface area contributed by atoms with Gasteiger partial charge < -0.3 is 10.3 Å². The summed E-state index contributed by atoms with van der Waals surface area (Å²) in [6.45, 7) is 0. The Bertz CT molecular complexity index is 612. The van der Waals surface area contributed by atoms with Gasteiger partial charge >= 0.3 is 0 Å². The van der Waals surface area contributed by atoms with Crippen molar-refractivity contribution in [1.29, 1.82) is 0 Å². The molecule has 0 aliphatic carbocycles. The third-order valence-electron chi connectivity index (χ3n) is 2.52. The summed E-state index contributed by atoms with van der Waals surface area (Å²) in [5, 5.41) is 0. The average molecular weight is 236 g/mol. The van der Waals surface area contributed by atoms with Gasteiger partial charge in [0.1, 0.15) is 17.3 Å². The molecular formula is C12H10F2N2O. The van der Waals surface area contributed by atoms with Crippen molar-refractivity contribution < 1.29 is 8.78 Å². The van der Waals surface area contributed by atoms with Crippen LogP contribution in [0.15, 0.2) is 35.3 Å². The zero-order valence-electron chi connectivity index (χ0n) is 9.08. The minimum absolute atomic E-state index is 0.250. The van der Waals surface area contributed by atoms with E-state index in [4.69, 9.17) is 5.73 Å². The highest BCUT2D eigenvalue weighted by Crippen LogP contribution is 2.24. The molecular weight excluding hydrogens is 226 g/mol. The van der Waals surface area contributed by atoms with Crippen LogP contribution in [0.25, 0.3) is 11.1 Å². The Kier molecular flexibility index (Phi) is 2.67. The first-order chi connectivity index (χ1) is 7.99. The Labute approximate surface area is 96.1 Å². The van der Waals surface area contributed by atoms with Gasteiger partial charge in [0, 0.05) is 19.3 Å². The molecule has 88 valence electrons. The van der Waals surface area contributed by atoms with Crippen LogP contribution in [0.3, 0.4) is 0 Å². The topological polar surface area (TPSA) is 48.0 Å². The Morgan fingerprint density at radius 1 is 1.12 bits per heavy atom. The van der Waals surface area contributed by atoms with Crippen LogP contribution in [0.4, 0.5) is 14.5 Å². The number of benzene rings is 1. The van der Waals surface area contributed by atoms with Gasteiger partial charge in [0.15, 0.2) is 0 Å². The Hall–Kier alpha value is -2.17. The molecule has 2 aromatic rings. The molecule has 0 fully saturated rings. The molecule has 1 aromatic carbocycles. The zero-order valence-corrected chi connectivity index (χ0v) is 9.08. The molecule has 0 aliphatic rings. The number of hydrogen-bond acceptors (Lipinski definition) is 2. The number of nitrogen functional groups attached to an aromatic ring is 1. The molecule has 3 nitrogen and oxygen atoms in total. The molecule has 5 heteroatoms. The highest BCUT2D eigenvalue weighted by Gasteiger charge is 2.09. The second-order valence-electron chi connectivity index (χ2n) is 3.72. The first-order valence-electron chi connectivity index (χ1n) is 4.90. The lowest BCUT2D eigenvalue weighted by molar-refractivity contribution is 0.592. The molecule has 1 aromatic heterocycles. The van der Waals surface area contributed by atoms with Crippen molar-refractivity contribution in [3.05, 3.63) is 52.5 Å². The van der Waals surface area contributed by atoms with Gasteiger partial charge in [-0.1, -0.05) is 0 Å². The summed E-state index contributed by atoms with van der Waals surface area (Å²) in [6.07, 6.45) is 1.53. The highest BCUT2D eigenvalue weighted by atomic mass is 19.1. The van der Waals surface area contributed by atoms with Crippen LogP contribution in [0.5, 0.6) is 0 Å². The monoisotopic (exact) mass is 236 g/mol. The lowest BCUT2D eigenvalue weighted by Crippen LogP contribution is -2.14. The van der Waals surface area contributed by atoms with Crippen LogP contribution in [0.2, 0.25) is 0 Å². The number of pyridine rings is 1. The quantitative estimate of drug-likeness (QED) is 0.769. The maximum absolute atomic E-state index is 13.3. The molecule has 0 amide bonds. The summed E-state index contributed by atoms with van der Waals surface area (Å²) >= 11 is 0. The number of rotatable bonds is 1. The molecule has 0 atom stereocenters. The number of nitrogens with two attached hydrogens (primary N) is 1. The number of aryl methyl sites for hydroxylation is 1. The molecule has 0 unspecified atom stereocenters. The van der Waals surface area contributed by atoms with Crippen molar-refractivity contribution in [3.8, 4) is 11.1 Å². The van der Waals surface area contributed by atoms with Crippen LogP contribution < -0.4 is 11.3 Å². The first kappa shape index (κ1) is 11.3. The van der Waals surface area contributed by atoms with E-state index in [1.807, 2.05) is 0 Å². The number of aromatic nitrogens is 1. The smallest absolute Gasteiger partial charge is 0.250 e. The Morgan fingerprint density at radius 2 is 1.71 bits per heavy atom. The fourth-order valence-corrected chi connectivity index (χ4v) is 1.48. The second-order valence-corrected chi connectivity index (χ2v) is 3.72. The minimum atomic E-state index is -0.833. The van der Waals surface area contributed by atoms with E-state index in [1.54, 1.807) is 13.1 Å². The van der Waals surface area contributed by atoms with Gasteiger partial charge in [-0.3, -0.25) is 4.79 Å². The summed E-state index contributed by atoms with van der Waals surface area (Å²) in [4.78, 5) is 11.4. The van der Waals surface area contributed by atoms with E-state index in [0.29, 0.717) is 5.56 Å². The van der Waals surface area contributed by atoms with E-state index < -0.39 is 17.3 Å². The van der Waals surface area contributed by atoms with E-state index in [-0.39, 0.29) is 11.1 Å². The molecule has 2 rings (SSSR count). The lowest BCUT2D eigenvalue weighted by Gasteiger charge is -2.05. The van der Waals surface area contributed by atoms with Crippen LogP contribution in [-0.4, -0.2) is 4.57 Å². The van der Waals surface area contributed by atoms with E-state index in [9.17, 15) is 13.6 Å². The van der Waals surface area contributed by atoms with Gasteiger partial charge in [0.05, 0.1) is 0 Å². The molecule has 1 heterocycles. The number of halogens is 2. The lowest BCUT2D eigenvalue weighted by atomic mass is 10.1. The summed E-state index contributed by atoms with van der Waals surface area (Å²) < 4.78 is 27.9. The normalized spacial score (nSPS) is 10.5. The number of anilines is 1. The maximum Gasteiger partial charge on any atom is 0.250 e. The highest BCUT2D eigenvalue weighted by molar-refractivity contribution is 5.65. The number of hydrogen-bond donors (Lipinski definition) is 1. The molecule has 0 spiro atoms. The van der Waals surface area contributed by atoms with Crippen molar-refractivity contribution in [2.45, 2.75) is 0 Å². The largest absolute Gasteiger partial charge is 0.394 e. The number of nitrogens with zero attached hydrogens (tertiary/aromatic N) is 1. The fourth-order valence-electron chi connectivity index (χ4n) is 1.48. The summed E-state index contributed by atoms with van der Waals surface area (Å²) in [6, 6.07) is 5.12. The predicted octanol–water partition coefficient (Wildman–Crippen LogP) is 1.91. The zero-order chi connectivity index (χ0) is 12.6. The standard InChI is InChI=1S/C12H10F2N2O/c1-16-3-2-7(6-11(16)17)8-4-9(13)12(15)10(14)5-8/h2-6H,15H2,1H3. The summed E-state index contributed by atoms with van der Waals surface area (Å²) in [5.74, 6) is -1.67. The first-order valence-corrected chi connectivity index (χ1v) is 4.90. The second kappa shape index (κ2) is 4.01. The van der Waals surface area contributed by atoms with E-state index in [2.05, 4.69) is 0 Å². The van der Waals surface area contributed by atoms with Gasteiger partial charge in [0.2, 0.25) is 0 Å². The SMILES string of the molecule is Cn1ccc(-c2cc(F)c(N)c(F)c2)cc1=O. The van der Waals surface area contributed by atoms with Crippen molar-refractivity contribution >= 4 is 5.69 Å². The van der Waals surface area contributed by atoms with E-state index in [0.717, 1.165) is 12.1 Å². The van der Waals surface area contributed by atoms with Crippen LogP contribution in [-0.2, 0) is 7.05 Å². The van der Waals surface area contributed by atoms with Crippen molar-refractivity contribution in [2.75, 3.05) is 5.73 Å². The maximum atomic E-state index is 13.3. The summed E-state index contributed by atoms with van der Waals surface area (Å²) in [7, 11) is 1.59. The molecule has 0 bridgehead atoms. The molecule has 0 aliphatic heterocycles. The van der Waals surface area contributed by atoms with Crippen molar-refractivity contribution in [3.63, 3.8) is 0 Å². The molecule has 0 radical (unpaired) electrons. The fraction of sp³-hybridized carbons (Fsp3) is 0.0833.